The van der Waals surface area contributed by atoms with E-state index in [1.165, 1.54) is 77.0 Å². The van der Waals surface area contributed by atoms with Crippen molar-refractivity contribution in [3.8, 4) is 0 Å². The standard InChI is InChI=1S/C28H55NO3/c1-6-8-10-11-12-13-14-15-16-17-18-19-20-21-23-28(25-27(30)31,26-29(3,4)5)32-24-22-9-7-2/h21,23H,6-20,22,24-26H2,1-5H3/p+1. The topological polar surface area (TPSA) is 46.5 Å². The Bertz CT molecular complexity index is 470. The fourth-order valence-electron chi connectivity index (χ4n) is 4.40. The summed E-state index contributed by atoms with van der Waals surface area (Å²) >= 11 is 0. The predicted molar refractivity (Wildman–Crippen MR) is 138 cm³/mol. The zero-order chi connectivity index (χ0) is 24.1. The van der Waals surface area contributed by atoms with Crippen LogP contribution in [-0.4, -0.2) is 55.5 Å². The maximum Gasteiger partial charge on any atom is 0.306 e. The number of ether oxygens (including phenoxy) is 1. The average molecular weight is 455 g/mol. The zero-order valence-corrected chi connectivity index (χ0v) is 22.3. The van der Waals surface area contributed by atoms with Crippen LogP contribution in [0.2, 0.25) is 0 Å². The molecule has 190 valence electrons. The molecule has 1 unspecified atom stereocenters. The minimum atomic E-state index is -0.788. The number of carbonyl (C=O) groups is 1. The zero-order valence-electron chi connectivity index (χ0n) is 22.3. The highest BCUT2D eigenvalue weighted by atomic mass is 16.5. The van der Waals surface area contributed by atoms with Crippen LogP contribution >= 0.6 is 0 Å². The van der Waals surface area contributed by atoms with E-state index >= 15 is 0 Å². The highest BCUT2D eigenvalue weighted by Crippen LogP contribution is 2.23. The van der Waals surface area contributed by atoms with Crippen LogP contribution in [0.3, 0.4) is 0 Å². The summed E-state index contributed by atoms with van der Waals surface area (Å²) in [5.74, 6) is -0.788. The second-order valence-corrected chi connectivity index (χ2v) is 10.7. The van der Waals surface area contributed by atoms with E-state index in [1.807, 2.05) is 0 Å². The van der Waals surface area contributed by atoms with E-state index in [0.717, 1.165) is 25.7 Å². The van der Waals surface area contributed by atoms with Crippen LogP contribution in [0, 0.1) is 0 Å². The van der Waals surface area contributed by atoms with Gasteiger partial charge in [-0.2, -0.15) is 0 Å². The van der Waals surface area contributed by atoms with Gasteiger partial charge in [0.05, 0.1) is 27.6 Å². The Kier molecular flexibility index (Phi) is 19.1. The highest BCUT2D eigenvalue weighted by molar-refractivity contribution is 5.68. The van der Waals surface area contributed by atoms with Crippen LogP contribution in [0.15, 0.2) is 12.2 Å². The van der Waals surface area contributed by atoms with Gasteiger partial charge in [-0.15, -0.1) is 0 Å². The molecule has 0 spiro atoms. The largest absolute Gasteiger partial charge is 0.481 e. The van der Waals surface area contributed by atoms with Gasteiger partial charge in [-0.1, -0.05) is 109 Å². The van der Waals surface area contributed by atoms with Gasteiger partial charge in [-0.25, -0.2) is 0 Å². The molecule has 0 radical (unpaired) electrons. The van der Waals surface area contributed by atoms with Gasteiger partial charge in [0.1, 0.15) is 12.1 Å². The van der Waals surface area contributed by atoms with Crippen molar-refractivity contribution >= 4 is 5.97 Å². The number of carboxylic acids is 1. The lowest BCUT2D eigenvalue weighted by molar-refractivity contribution is -0.876. The fraction of sp³-hybridized carbons (Fsp3) is 0.893. The summed E-state index contributed by atoms with van der Waals surface area (Å²) in [5, 5.41) is 9.54. The third kappa shape index (κ3) is 19.8. The van der Waals surface area contributed by atoms with Crippen molar-refractivity contribution in [1.29, 1.82) is 0 Å². The maximum absolute atomic E-state index is 11.6. The number of allylic oxidation sites excluding steroid dienone is 1. The van der Waals surface area contributed by atoms with Crippen LogP contribution in [-0.2, 0) is 9.53 Å². The van der Waals surface area contributed by atoms with Crippen molar-refractivity contribution in [3.63, 3.8) is 0 Å². The molecule has 0 rings (SSSR count). The molecule has 0 bridgehead atoms. The summed E-state index contributed by atoms with van der Waals surface area (Å²) in [6.45, 7) is 5.74. The molecule has 0 amide bonds. The monoisotopic (exact) mass is 454 g/mol. The average Bonchev–Trinajstić information content (AvgIpc) is 2.70. The van der Waals surface area contributed by atoms with E-state index in [4.69, 9.17) is 4.74 Å². The molecule has 0 fully saturated rings. The van der Waals surface area contributed by atoms with Crippen molar-refractivity contribution < 1.29 is 19.1 Å². The van der Waals surface area contributed by atoms with Gasteiger partial charge in [0.25, 0.3) is 0 Å². The first-order valence-corrected chi connectivity index (χ1v) is 13.6. The Hall–Kier alpha value is -0.870. The number of rotatable bonds is 23. The van der Waals surface area contributed by atoms with E-state index in [2.05, 4.69) is 47.1 Å². The molecule has 0 aromatic rings. The van der Waals surface area contributed by atoms with Crippen molar-refractivity contribution in [3.05, 3.63) is 12.2 Å². The molecule has 0 heterocycles. The van der Waals surface area contributed by atoms with Gasteiger partial charge < -0.3 is 14.3 Å². The van der Waals surface area contributed by atoms with Gasteiger partial charge in [0, 0.05) is 6.61 Å². The van der Waals surface area contributed by atoms with Gasteiger partial charge in [-0.3, -0.25) is 4.79 Å². The molecule has 1 N–H and O–H groups in total. The van der Waals surface area contributed by atoms with Crippen molar-refractivity contribution in [1.82, 2.24) is 0 Å². The Morgan fingerprint density at radius 3 is 1.72 bits per heavy atom. The number of hydrogen-bond donors (Lipinski definition) is 1. The molecule has 0 saturated heterocycles. The van der Waals surface area contributed by atoms with Crippen LogP contribution in [0.1, 0.15) is 123 Å². The number of carboxylic acid groups (broad SMARTS) is 1. The molecular formula is C28H56NO3+. The second kappa shape index (κ2) is 19.6. The number of likely N-dealkylation sites (N-methyl/N-ethyl adjacent to an activating group) is 1. The summed E-state index contributed by atoms with van der Waals surface area (Å²) in [5.41, 5.74) is -0.713. The Balaban J connectivity index is 4.29. The lowest BCUT2D eigenvalue weighted by Crippen LogP contribution is -2.51. The third-order valence-corrected chi connectivity index (χ3v) is 5.98. The molecule has 0 aromatic carbocycles. The molecule has 0 aliphatic carbocycles. The van der Waals surface area contributed by atoms with E-state index in [1.54, 1.807) is 0 Å². The van der Waals surface area contributed by atoms with Crippen LogP contribution in [0.25, 0.3) is 0 Å². The summed E-state index contributed by atoms with van der Waals surface area (Å²) in [6.07, 6.45) is 24.8. The number of quaternary nitrogens is 1. The van der Waals surface area contributed by atoms with Crippen molar-refractivity contribution in [2.24, 2.45) is 0 Å². The Labute approximate surface area is 200 Å². The molecule has 1 atom stereocenters. The number of hydrogen-bond acceptors (Lipinski definition) is 2. The van der Waals surface area contributed by atoms with Gasteiger partial charge >= 0.3 is 5.97 Å². The van der Waals surface area contributed by atoms with E-state index in [0.29, 0.717) is 17.6 Å². The first-order chi connectivity index (χ1) is 15.2. The molecule has 0 aliphatic rings. The third-order valence-electron chi connectivity index (χ3n) is 5.98. The van der Waals surface area contributed by atoms with E-state index in [-0.39, 0.29) is 6.42 Å². The van der Waals surface area contributed by atoms with Gasteiger partial charge in [0.2, 0.25) is 0 Å². The second-order valence-electron chi connectivity index (χ2n) is 10.7. The normalized spacial score (nSPS) is 14.2. The number of nitrogens with zero attached hydrogens (tertiary/aromatic N) is 1. The number of unbranched alkanes of at least 4 members (excludes halogenated alkanes) is 14. The molecule has 0 aliphatic heterocycles. The molecule has 4 heteroatoms. The minimum absolute atomic E-state index is 0.0313. The molecule has 32 heavy (non-hydrogen) atoms. The van der Waals surface area contributed by atoms with Gasteiger partial charge in [0.15, 0.2) is 0 Å². The Morgan fingerprint density at radius 1 is 0.781 bits per heavy atom. The van der Waals surface area contributed by atoms with Gasteiger partial charge in [-0.05, 0) is 19.3 Å². The quantitative estimate of drug-likeness (QED) is 0.0974. The summed E-state index contributed by atoms with van der Waals surface area (Å²) in [6, 6.07) is 0. The molecule has 4 nitrogen and oxygen atoms in total. The van der Waals surface area contributed by atoms with Crippen LogP contribution in [0.4, 0.5) is 0 Å². The number of aliphatic carboxylic acids is 1. The van der Waals surface area contributed by atoms with E-state index < -0.39 is 11.6 Å². The van der Waals surface area contributed by atoms with E-state index in [9.17, 15) is 9.90 Å². The highest BCUT2D eigenvalue weighted by Gasteiger charge is 2.37. The lowest BCUT2D eigenvalue weighted by Gasteiger charge is -2.36. The van der Waals surface area contributed by atoms with Crippen molar-refractivity contribution in [2.75, 3.05) is 34.3 Å². The summed E-state index contributed by atoms with van der Waals surface area (Å²) in [4.78, 5) is 11.6. The Morgan fingerprint density at radius 2 is 1.25 bits per heavy atom. The van der Waals surface area contributed by atoms with Crippen LogP contribution in [0.5, 0.6) is 0 Å². The fourth-order valence-corrected chi connectivity index (χ4v) is 4.40. The predicted octanol–water partition coefficient (Wildman–Crippen LogP) is 7.76. The smallest absolute Gasteiger partial charge is 0.306 e. The summed E-state index contributed by atoms with van der Waals surface area (Å²) in [7, 11) is 6.31. The lowest BCUT2D eigenvalue weighted by atomic mass is 9.96. The van der Waals surface area contributed by atoms with Crippen LogP contribution < -0.4 is 0 Å². The summed E-state index contributed by atoms with van der Waals surface area (Å²) < 4.78 is 6.93. The minimum Gasteiger partial charge on any atom is -0.481 e. The first kappa shape index (κ1) is 31.1. The van der Waals surface area contributed by atoms with Crippen molar-refractivity contribution in [2.45, 2.75) is 129 Å². The molecular weight excluding hydrogens is 398 g/mol. The SMILES string of the molecule is CCCCCCCCCCCCCCC=CC(CC(=O)O)(C[N+](C)(C)C)OCCCCC. The molecule has 0 saturated carbocycles. The maximum atomic E-state index is 11.6. The molecule has 0 aromatic heterocycles. The first-order valence-electron chi connectivity index (χ1n) is 13.6.